The third kappa shape index (κ3) is 4.43. The molecule has 0 aliphatic carbocycles. The Kier molecular flexibility index (Phi) is 5.56. The van der Waals surface area contributed by atoms with Crippen LogP contribution in [0.15, 0.2) is 34.8 Å². The molecule has 0 radical (unpaired) electrons. The SMILES string of the molecule is COC(=O)C1CCN(C(=O)/C=C/c2ccc(Br)cc2)CC1. The Morgan fingerprint density at radius 3 is 2.43 bits per heavy atom. The first-order valence-electron chi connectivity index (χ1n) is 6.90. The van der Waals surface area contributed by atoms with E-state index in [2.05, 4.69) is 15.9 Å². The number of esters is 1. The first-order valence-corrected chi connectivity index (χ1v) is 7.70. The fourth-order valence-corrected chi connectivity index (χ4v) is 2.61. The number of rotatable bonds is 3. The molecule has 0 spiro atoms. The number of piperidine rings is 1. The number of amides is 1. The number of ether oxygens (including phenoxy) is 1. The summed E-state index contributed by atoms with van der Waals surface area (Å²) in [5.41, 5.74) is 0.982. The number of methoxy groups -OCH3 is 1. The Morgan fingerprint density at radius 2 is 1.86 bits per heavy atom. The van der Waals surface area contributed by atoms with E-state index in [1.807, 2.05) is 24.3 Å². The lowest BCUT2D eigenvalue weighted by Gasteiger charge is -2.29. The van der Waals surface area contributed by atoms with Gasteiger partial charge in [0.15, 0.2) is 0 Å². The average molecular weight is 352 g/mol. The van der Waals surface area contributed by atoms with Crippen molar-refractivity contribution >= 4 is 33.9 Å². The van der Waals surface area contributed by atoms with E-state index in [1.54, 1.807) is 17.1 Å². The Labute approximate surface area is 132 Å². The van der Waals surface area contributed by atoms with Gasteiger partial charge >= 0.3 is 5.97 Å². The monoisotopic (exact) mass is 351 g/mol. The van der Waals surface area contributed by atoms with Crippen molar-refractivity contribution in [1.82, 2.24) is 4.90 Å². The van der Waals surface area contributed by atoms with Gasteiger partial charge < -0.3 is 9.64 Å². The highest BCUT2D eigenvalue weighted by Gasteiger charge is 2.26. The van der Waals surface area contributed by atoms with Crippen LogP contribution in [0.25, 0.3) is 6.08 Å². The lowest BCUT2D eigenvalue weighted by molar-refractivity contribution is -0.148. The maximum Gasteiger partial charge on any atom is 0.308 e. The van der Waals surface area contributed by atoms with Gasteiger partial charge in [-0.3, -0.25) is 9.59 Å². The molecule has 0 bridgehead atoms. The highest BCUT2D eigenvalue weighted by Crippen LogP contribution is 2.19. The molecule has 21 heavy (non-hydrogen) atoms. The van der Waals surface area contributed by atoms with Crippen LogP contribution < -0.4 is 0 Å². The number of hydrogen-bond donors (Lipinski definition) is 0. The number of hydrogen-bond acceptors (Lipinski definition) is 3. The molecule has 0 aromatic heterocycles. The molecule has 0 unspecified atom stereocenters. The lowest BCUT2D eigenvalue weighted by atomic mass is 9.97. The van der Waals surface area contributed by atoms with Crippen molar-refractivity contribution in [1.29, 1.82) is 0 Å². The van der Waals surface area contributed by atoms with Crippen molar-refractivity contribution in [3.63, 3.8) is 0 Å². The molecule has 1 heterocycles. The molecule has 0 atom stereocenters. The van der Waals surface area contributed by atoms with Crippen LogP contribution in [-0.4, -0.2) is 37.0 Å². The molecule has 0 saturated carbocycles. The Balaban J connectivity index is 1.87. The maximum absolute atomic E-state index is 12.1. The summed E-state index contributed by atoms with van der Waals surface area (Å²) in [7, 11) is 1.40. The summed E-state index contributed by atoms with van der Waals surface area (Å²) >= 11 is 3.37. The molecule has 4 nitrogen and oxygen atoms in total. The van der Waals surface area contributed by atoms with E-state index in [9.17, 15) is 9.59 Å². The van der Waals surface area contributed by atoms with Crippen LogP contribution in [0.4, 0.5) is 0 Å². The molecule has 1 aromatic carbocycles. The van der Waals surface area contributed by atoms with Crippen molar-refractivity contribution in [2.45, 2.75) is 12.8 Å². The Hall–Kier alpha value is -1.62. The highest BCUT2D eigenvalue weighted by atomic mass is 79.9. The van der Waals surface area contributed by atoms with Gasteiger partial charge in [-0.25, -0.2) is 0 Å². The summed E-state index contributed by atoms with van der Waals surface area (Å²) in [4.78, 5) is 25.3. The maximum atomic E-state index is 12.1. The van der Waals surface area contributed by atoms with Gasteiger partial charge in [-0.15, -0.1) is 0 Å². The number of nitrogens with zero attached hydrogens (tertiary/aromatic N) is 1. The predicted octanol–water partition coefficient (Wildman–Crippen LogP) is 2.87. The van der Waals surface area contributed by atoms with E-state index in [0.29, 0.717) is 25.9 Å². The van der Waals surface area contributed by atoms with Crippen LogP contribution in [-0.2, 0) is 14.3 Å². The average Bonchev–Trinajstić information content (AvgIpc) is 2.53. The minimum absolute atomic E-state index is 0.0127. The normalized spacial score (nSPS) is 16.2. The van der Waals surface area contributed by atoms with Crippen molar-refractivity contribution in [3.05, 3.63) is 40.4 Å². The molecule has 5 heteroatoms. The third-order valence-corrected chi connectivity index (χ3v) is 4.16. The first kappa shape index (κ1) is 15.8. The van der Waals surface area contributed by atoms with Crippen molar-refractivity contribution < 1.29 is 14.3 Å². The Morgan fingerprint density at radius 1 is 1.24 bits per heavy atom. The second-order valence-electron chi connectivity index (χ2n) is 5.01. The molecule has 1 aliphatic heterocycles. The minimum Gasteiger partial charge on any atom is -0.469 e. The fourth-order valence-electron chi connectivity index (χ4n) is 2.35. The number of carbonyl (C=O) groups is 2. The van der Waals surface area contributed by atoms with E-state index in [1.165, 1.54) is 7.11 Å². The zero-order chi connectivity index (χ0) is 15.2. The van der Waals surface area contributed by atoms with Crippen molar-refractivity contribution in [2.75, 3.05) is 20.2 Å². The second-order valence-corrected chi connectivity index (χ2v) is 5.92. The molecule has 112 valence electrons. The summed E-state index contributed by atoms with van der Waals surface area (Å²) in [5, 5.41) is 0. The number of benzene rings is 1. The van der Waals surface area contributed by atoms with Crippen LogP contribution in [0.2, 0.25) is 0 Å². The molecular weight excluding hydrogens is 334 g/mol. The van der Waals surface area contributed by atoms with Crippen LogP contribution in [0, 0.1) is 5.92 Å². The quantitative estimate of drug-likeness (QED) is 0.621. The summed E-state index contributed by atoms with van der Waals surface area (Å²) in [6.45, 7) is 1.20. The molecule has 1 aromatic rings. The Bertz CT molecular complexity index is 531. The fraction of sp³-hybridized carbons (Fsp3) is 0.375. The largest absolute Gasteiger partial charge is 0.469 e. The van der Waals surface area contributed by atoms with Gasteiger partial charge in [0.05, 0.1) is 13.0 Å². The summed E-state index contributed by atoms with van der Waals surface area (Å²) in [6, 6.07) is 7.76. The zero-order valence-electron chi connectivity index (χ0n) is 11.9. The molecule has 2 rings (SSSR count). The van der Waals surface area contributed by atoms with Gasteiger partial charge in [0.2, 0.25) is 5.91 Å². The highest BCUT2D eigenvalue weighted by molar-refractivity contribution is 9.10. The van der Waals surface area contributed by atoms with Crippen LogP contribution in [0.3, 0.4) is 0 Å². The van der Waals surface area contributed by atoms with E-state index < -0.39 is 0 Å². The molecule has 1 amide bonds. The van der Waals surface area contributed by atoms with Gasteiger partial charge in [-0.05, 0) is 36.6 Å². The van der Waals surface area contributed by atoms with E-state index in [4.69, 9.17) is 4.74 Å². The molecule has 1 saturated heterocycles. The number of likely N-dealkylation sites (tertiary alicyclic amines) is 1. The summed E-state index contributed by atoms with van der Waals surface area (Å²) in [6.07, 6.45) is 4.73. The van der Waals surface area contributed by atoms with Crippen molar-refractivity contribution in [2.24, 2.45) is 5.92 Å². The van der Waals surface area contributed by atoms with Gasteiger partial charge in [0.1, 0.15) is 0 Å². The second kappa shape index (κ2) is 7.41. The smallest absolute Gasteiger partial charge is 0.308 e. The number of carbonyl (C=O) groups excluding carboxylic acids is 2. The van der Waals surface area contributed by atoms with Crippen LogP contribution in [0.5, 0.6) is 0 Å². The number of halogens is 1. The zero-order valence-corrected chi connectivity index (χ0v) is 13.5. The topological polar surface area (TPSA) is 46.6 Å². The van der Waals surface area contributed by atoms with Gasteiger partial charge in [0.25, 0.3) is 0 Å². The molecule has 1 fully saturated rings. The van der Waals surface area contributed by atoms with E-state index in [-0.39, 0.29) is 17.8 Å². The first-order chi connectivity index (χ1) is 10.1. The van der Waals surface area contributed by atoms with Crippen molar-refractivity contribution in [3.8, 4) is 0 Å². The standard InChI is InChI=1S/C16H18BrNO3/c1-21-16(20)13-8-10-18(11-9-13)15(19)7-4-12-2-5-14(17)6-3-12/h2-7,13H,8-11H2,1H3/b7-4+. The minimum atomic E-state index is -0.174. The summed E-state index contributed by atoms with van der Waals surface area (Å²) < 4.78 is 5.75. The third-order valence-electron chi connectivity index (χ3n) is 3.63. The molecular formula is C16H18BrNO3. The summed E-state index contributed by atoms with van der Waals surface area (Å²) in [5.74, 6) is -0.261. The van der Waals surface area contributed by atoms with Gasteiger partial charge in [-0.2, -0.15) is 0 Å². The van der Waals surface area contributed by atoms with E-state index >= 15 is 0 Å². The molecule has 0 N–H and O–H groups in total. The molecule has 1 aliphatic rings. The van der Waals surface area contributed by atoms with Crippen LogP contribution in [0.1, 0.15) is 18.4 Å². The van der Waals surface area contributed by atoms with Gasteiger partial charge in [0, 0.05) is 23.6 Å². The van der Waals surface area contributed by atoms with Gasteiger partial charge in [-0.1, -0.05) is 28.1 Å². The predicted molar refractivity (Wildman–Crippen MR) is 84.5 cm³/mol. The lowest BCUT2D eigenvalue weighted by Crippen LogP contribution is -2.39. The van der Waals surface area contributed by atoms with E-state index in [0.717, 1.165) is 10.0 Å². The van der Waals surface area contributed by atoms with Crippen LogP contribution >= 0.6 is 15.9 Å².